The summed E-state index contributed by atoms with van der Waals surface area (Å²) in [6.45, 7) is 3.33. The quantitative estimate of drug-likeness (QED) is 0.642. The van der Waals surface area contributed by atoms with Crippen LogP contribution in [0.5, 0.6) is 0 Å². The van der Waals surface area contributed by atoms with Crippen LogP contribution >= 0.6 is 0 Å². The molecule has 1 aliphatic heterocycles. The lowest BCUT2D eigenvalue weighted by molar-refractivity contribution is -0.133. The summed E-state index contributed by atoms with van der Waals surface area (Å²) in [4.78, 5) is 12.0. The molecule has 0 radical (unpaired) electrons. The zero-order valence-electron chi connectivity index (χ0n) is 10.3. The Kier molecular flexibility index (Phi) is 5.18. The lowest BCUT2D eigenvalue weighted by Crippen LogP contribution is -2.54. The van der Waals surface area contributed by atoms with E-state index < -0.39 is 0 Å². The fourth-order valence-corrected chi connectivity index (χ4v) is 2.07. The molecule has 16 heavy (non-hydrogen) atoms. The maximum Gasteiger partial charge on any atom is 0.240 e. The molecule has 94 valence electrons. The van der Waals surface area contributed by atoms with Crippen LogP contribution in [0.15, 0.2) is 0 Å². The average molecular weight is 230 g/mol. The van der Waals surface area contributed by atoms with Gasteiger partial charge in [-0.05, 0) is 25.8 Å². The number of carbonyl (C=O) groups excluding carboxylic acids is 1. The molecule has 0 saturated carbocycles. The molecule has 0 aromatic rings. The molecule has 5 heteroatoms. The van der Waals surface area contributed by atoms with Gasteiger partial charge in [0, 0.05) is 14.2 Å². The second kappa shape index (κ2) is 6.18. The Labute approximate surface area is 96.9 Å². The SMILES string of the molecule is CCC1(C(=O)NCC(OC)OC)CCCN1. The van der Waals surface area contributed by atoms with Gasteiger partial charge in [0.15, 0.2) is 6.29 Å². The Balaban J connectivity index is 2.44. The Morgan fingerprint density at radius 2 is 2.19 bits per heavy atom. The molecule has 1 aliphatic rings. The summed E-state index contributed by atoms with van der Waals surface area (Å²) in [5, 5.41) is 6.15. The van der Waals surface area contributed by atoms with Crippen molar-refractivity contribution >= 4 is 5.91 Å². The smallest absolute Gasteiger partial charge is 0.240 e. The van der Waals surface area contributed by atoms with E-state index >= 15 is 0 Å². The molecular formula is C11H22N2O3. The van der Waals surface area contributed by atoms with Crippen LogP contribution in [0.1, 0.15) is 26.2 Å². The molecule has 0 aliphatic carbocycles. The minimum Gasteiger partial charge on any atom is -0.354 e. The van der Waals surface area contributed by atoms with E-state index in [4.69, 9.17) is 9.47 Å². The van der Waals surface area contributed by atoms with Gasteiger partial charge >= 0.3 is 0 Å². The maximum atomic E-state index is 12.0. The predicted molar refractivity (Wildman–Crippen MR) is 61.1 cm³/mol. The van der Waals surface area contributed by atoms with Crippen molar-refractivity contribution < 1.29 is 14.3 Å². The van der Waals surface area contributed by atoms with Crippen molar-refractivity contribution in [1.82, 2.24) is 10.6 Å². The largest absolute Gasteiger partial charge is 0.354 e. The highest BCUT2D eigenvalue weighted by molar-refractivity contribution is 5.86. The highest BCUT2D eigenvalue weighted by atomic mass is 16.7. The summed E-state index contributed by atoms with van der Waals surface area (Å²) in [7, 11) is 3.12. The fourth-order valence-electron chi connectivity index (χ4n) is 2.07. The third-order valence-corrected chi connectivity index (χ3v) is 3.24. The van der Waals surface area contributed by atoms with Crippen LogP contribution in [0.3, 0.4) is 0 Å². The summed E-state index contributed by atoms with van der Waals surface area (Å²) in [6, 6.07) is 0. The molecule has 0 spiro atoms. The Morgan fingerprint density at radius 3 is 2.62 bits per heavy atom. The molecule has 1 unspecified atom stereocenters. The molecule has 0 aromatic heterocycles. The normalized spacial score (nSPS) is 25.0. The molecule has 1 rings (SSSR count). The van der Waals surface area contributed by atoms with Gasteiger partial charge in [-0.15, -0.1) is 0 Å². The topological polar surface area (TPSA) is 59.6 Å². The molecule has 1 atom stereocenters. The van der Waals surface area contributed by atoms with Gasteiger partial charge in [-0.3, -0.25) is 4.79 Å². The Hall–Kier alpha value is -0.650. The van der Waals surface area contributed by atoms with Gasteiger partial charge in [0.2, 0.25) is 5.91 Å². The molecule has 1 heterocycles. The summed E-state index contributed by atoms with van der Waals surface area (Å²) in [5.41, 5.74) is -0.383. The van der Waals surface area contributed by atoms with Crippen molar-refractivity contribution in [1.29, 1.82) is 0 Å². The fraction of sp³-hybridized carbons (Fsp3) is 0.909. The Bertz CT molecular complexity index is 223. The van der Waals surface area contributed by atoms with Gasteiger partial charge in [0.1, 0.15) is 0 Å². The first-order valence-electron chi connectivity index (χ1n) is 5.77. The highest BCUT2D eigenvalue weighted by Gasteiger charge is 2.38. The summed E-state index contributed by atoms with van der Waals surface area (Å²) in [6.07, 6.45) is 2.39. The van der Waals surface area contributed by atoms with Crippen LogP contribution in [-0.2, 0) is 14.3 Å². The van der Waals surface area contributed by atoms with Crippen molar-refractivity contribution in [2.75, 3.05) is 27.3 Å². The number of amides is 1. The van der Waals surface area contributed by atoms with Gasteiger partial charge in [-0.1, -0.05) is 6.92 Å². The number of rotatable bonds is 6. The van der Waals surface area contributed by atoms with Crippen LogP contribution in [0.4, 0.5) is 0 Å². The third-order valence-electron chi connectivity index (χ3n) is 3.24. The first kappa shape index (κ1) is 13.4. The van der Waals surface area contributed by atoms with Crippen molar-refractivity contribution in [3.8, 4) is 0 Å². The van der Waals surface area contributed by atoms with E-state index in [0.717, 1.165) is 25.8 Å². The number of methoxy groups -OCH3 is 2. The highest BCUT2D eigenvalue weighted by Crippen LogP contribution is 2.22. The lowest BCUT2D eigenvalue weighted by atomic mass is 9.93. The second-order valence-corrected chi connectivity index (χ2v) is 4.08. The van der Waals surface area contributed by atoms with Crippen LogP contribution < -0.4 is 10.6 Å². The second-order valence-electron chi connectivity index (χ2n) is 4.08. The Morgan fingerprint density at radius 1 is 1.50 bits per heavy atom. The van der Waals surface area contributed by atoms with E-state index in [1.54, 1.807) is 14.2 Å². The lowest BCUT2D eigenvalue weighted by Gasteiger charge is -2.27. The van der Waals surface area contributed by atoms with E-state index in [1.165, 1.54) is 0 Å². The van der Waals surface area contributed by atoms with Gasteiger partial charge < -0.3 is 20.1 Å². The summed E-state index contributed by atoms with van der Waals surface area (Å²) in [5.74, 6) is 0.0478. The summed E-state index contributed by atoms with van der Waals surface area (Å²) < 4.78 is 10.0. The maximum absolute atomic E-state index is 12.0. The van der Waals surface area contributed by atoms with Gasteiger partial charge in [0.05, 0.1) is 12.1 Å². The molecule has 0 aromatic carbocycles. The molecule has 2 N–H and O–H groups in total. The molecule has 5 nitrogen and oxygen atoms in total. The zero-order chi connectivity index (χ0) is 12.0. The average Bonchev–Trinajstić information content (AvgIpc) is 2.80. The number of nitrogens with one attached hydrogen (secondary N) is 2. The third kappa shape index (κ3) is 2.93. The van der Waals surface area contributed by atoms with E-state index in [1.807, 2.05) is 6.92 Å². The molecule has 1 fully saturated rings. The number of hydrogen-bond donors (Lipinski definition) is 2. The van der Waals surface area contributed by atoms with E-state index in [9.17, 15) is 4.79 Å². The number of hydrogen-bond acceptors (Lipinski definition) is 4. The van der Waals surface area contributed by atoms with Crippen molar-refractivity contribution in [3.63, 3.8) is 0 Å². The van der Waals surface area contributed by atoms with E-state index in [-0.39, 0.29) is 17.7 Å². The van der Waals surface area contributed by atoms with Gasteiger partial charge in [-0.2, -0.15) is 0 Å². The van der Waals surface area contributed by atoms with Crippen LogP contribution in [-0.4, -0.2) is 45.0 Å². The molecular weight excluding hydrogens is 208 g/mol. The van der Waals surface area contributed by atoms with E-state index in [2.05, 4.69) is 10.6 Å². The van der Waals surface area contributed by atoms with Crippen LogP contribution in [0.25, 0.3) is 0 Å². The van der Waals surface area contributed by atoms with Crippen LogP contribution in [0, 0.1) is 0 Å². The number of carbonyl (C=O) groups is 1. The van der Waals surface area contributed by atoms with Crippen molar-refractivity contribution in [3.05, 3.63) is 0 Å². The summed E-state index contributed by atoms with van der Waals surface area (Å²) >= 11 is 0. The van der Waals surface area contributed by atoms with Crippen LogP contribution in [0.2, 0.25) is 0 Å². The van der Waals surface area contributed by atoms with E-state index in [0.29, 0.717) is 6.54 Å². The minimum absolute atomic E-state index is 0.0478. The monoisotopic (exact) mass is 230 g/mol. The van der Waals surface area contributed by atoms with Crippen molar-refractivity contribution in [2.45, 2.75) is 38.0 Å². The number of ether oxygens (including phenoxy) is 2. The minimum atomic E-state index is -0.383. The molecule has 0 bridgehead atoms. The molecule has 1 saturated heterocycles. The van der Waals surface area contributed by atoms with Gasteiger partial charge in [0.25, 0.3) is 0 Å². The standard InChI is InChI=1S/C11H22N2O3/c1-4-11(6-5-7-13-11)10(14)12-8-9(15-2)16-3/h9,13H,4-8H2,1-3H3,(H,12,14). The molecule has 1 amide bonds. The predicted octanol–water partition coefficient (Wildman–Crippen LogP) is 0.254. The van der Waals surface area contributed by atoms with Gasteiger partial charge in [-0.25, -0.2) is 0 Å². The first-order chi connectivity index (χ1) is 7.68. The van der Waals surface area contributed by atoms with Crippen molar-refractivity contribution in [2.24, 2.45) is 0 Å². The first-order valence-corrected chi connectivity index (χ1v) is 5.77. The zero-order valence-corrected chi connectivity index (χ0v) is 10.3.